The van der Waals surface area contributed by atoms with Crippen LogP contribution < -0.4 is 5.32 Å². The maximum atomic E-state index is 12.6. The lowest BCUT2D eigenvalue weighted by molar-refractivity contribution is -0.125. The molecule has 8 heteroatoms. The summed E-state index contributed by atoms with van der Waals surface area (Å²) in [5, 5.41) is 2.78. The molecule has 0 fully saturated rings. The van der Waals surface area contributed by atoms with Crippen LogP contribution in [0.5, 0.6) is 0 Å². The van der Waals surface area contributed by atoms with E-state index in [1.807, 2.05) is 13.8 Å². The smallest absolute Gasteiger partial charge is 0.338 e. The monoisotopic (exact) mass is 398 g/mol. The van der Waals surface area contributed by atoms with Crippen molar-refractivity contribution >= 4 is 21.9 Å². The molecule has 0 aromatic heterocycles. The number of hydrogen-bond acceptors (Lipinski definition) is 5. The summed E-state index contributed by atoms with van der Waals surface area (Å²) >= 11 is 0. The summed E-state index contributed by atoms with van der Waals surface area (Å²) in [5.41, 5.74) is 0.720. The zero-order valence-electron chi connectivity index (χ0n) is 16.7. The predicted octanol–water partition coefficient (Wildman–Crippen LogP) is 2.49. The van der Waals surface area contributed by atoms with Crippen LogP contribution >= 0.6 is 0 Å². The molecule has 0 aliphatic heterocycles. The van der Waals surface area contributed by atoms with E-state index in [1.54, 1.807) is 26.8 Å². The number of sulfonamides is 1. The first-order chi connectivity index (χ1) is 12.7. The first kappa shape index (κ1) is 23.1. The Labute approximate surface area is 162 Å². The molecule has 0 heterocycles. The molecular weight excluding hydrogens is 368 g/mol. The van der Waals surface area contributed by atoms with Gasteiger partial charge in [-0.25, -0.2) is 13.2 Å². The third kappa shape index (κ3) is 6.04. The van der Waals surface area contributed by atoms with Crippen molar-refractivity contribution in [3.05, 3.63) is 29.3 Å². The van der Waals surface area contributed by atoms with Crippen molar-refractivity contribution < 1.29 is 22.7 Å². The van der Waals surface area contributed by atoms with Gasteiger partial charge in [0, 0.05) is 19.1 Å². The number of ether oxygens (including phenoxy) is 1. The summed E-state index contributed by atoms with van der Waals surface area (Å²) in [6, 6.07) is 4.39. The number of nitrogens with zero attached hydrogens (tertiary/aromatic N) is 1. The Balaban J connectivity index is 2.94. The van der Waals surface area contributed by atoms with Gasteiger partial charge in [-0.2, -0.15) is 4.31 Å². The highest BCUT2D eigenvalue weighted by atomic mass is 32.2. The molecule has 1 amide bonds. The molecule has 0 radical (unpaired) electrons. The van der Waals surface area contributed by atoms with Crippen LogP contribution in [0, 0.1) is 6.92 Å². The van der Waals surface area contributed by atoms with Crippen molar-refractivity contribution in [3.63, 3.8) is 0 Å². The molecule has 152 valence electrons. The van der Waals surface area contributed by atoms with E-state index in [0.717, 1.165) is 12.8 Å². The molecule has 0 aliphatic carbocycles. The summed E-state index contributed by atoms with van der Waals surface area (Å²) in [7, 11) is -3.68. The Morgan fingerprint density at radius 3 is 2.22 bits per heavy atom. The Kier molecular flexibility index (Phi) is 8.92. The van der Waals surface area contributed by atoms with Crippen molar-refractivity contribution in [1.82, 2.24) is 9.62 Å². The fourth-order valence-corrected chi connectivity index (χ4v) is 4.15. The molecular formula is C19H30N2O5S. The van der Waals surface area contributed by atoms with Gasteiger partial charge in [0.15, 0.2) is 6.61 Å². The number of carbonyl (C=O) groups excluding carboxylic acids is 2. The van der Waals surface area contributed by atoms with E-state index in [9.17, 15) is 18.0 Å². The Hall–Kier alpha value is -1.93. The second-order valence-corrected chi connectivity index (χ2v) is 8.16. The molecule has 7 nitrogen and oxygen atoms in total. The fraction of sp³-hybridized carbons (Fsp3) is 0.579. The van der Waals surface area contributed by atoms with E-state index in [2.05, 4.69) is 5.32 Å². The standard InChI is InChI=1S/C19H30N2O5S/c1-6-15(7-2)20-18(22)13-26-19(23)17-12-16(11-10-14(17)5)27(24,25)21(8-3)9-4/h10-12,15H,6-9,13H2,1-5H3,(H,20,22). The van der Waals surface area contributed by atoms with E-state index >= 15 is 0 Å². The van der Waals surface area contributed by atoms with Gasteiger partial charge in [-0.3, -0.25) is 4.79 Å². The maximum absolute atomic E-state index is 12.6. The molecule has 0 atom stereocenters. The third-order valence-electron chi connectivity index (χ3n) is 4.46. The molecule has 1 aromatic carbocycles. The molecule has 0 saturated carbocycles. The zero-order chi connectivity index (χ0) is 20.6. The van der Waals surface area contributed by atoms with Crippen LogP contribution in [0.4, 0.5) is 0 Å². The second-order valence-electron chi connectivity index (χ2n) is 6.22. The van der Waals surface area contributed by atoms with Crippen LogP contribution in [0.3, 0.4) is 0 Å². The highest BCUT2D eigenvalue weighted by Crippen LogP contribution is 2.20. The summed E-state index contributed by atoms with van der Waals surface area (Å²) in [5.74, 6) is -1.09. The molecule has 1 aromatic rings. The van der Waals surface area contributed by atoms with Crippen LogP contribution in [0.2, 0.25) is 0 Å². The fourth-order valence-electron chi connectivity index (χ4n) is 2.67. The van der Waals surface area contributed by atoms with E-state index in [4.69, 9.17) is 4.74 Å². The van der Waals surface area contributed by atoms with E-state index in [0.29, 0.717) is 18.7 Å². The lowest BCUT2D eigenvalue weighted by Gasteiger charge is -2.19. The maximum Gasteiger partial charge on any atom is 0.338 e. The predicted molar refractivity (Wildman–Crippen MR) is 104 cm³/mol. The van der Waals surface area contributed by atoms with Crippen molar-refractivity contribution in [2.45, 2.75) is 58.4 Å². The summed E-state index contributed by atoms with van der Waals surface area (Å²) in [6.45, 7) is 9.39. The SMILES string of the molecule is CCC(CC)NC(=O)COC(=O)c1cc(S(=O)(=O)N(CC)CC)ccc1C. The van der Waals surface area contributed by atoms with Crippen molar-refractivity contribution in [2.24, 2.45) is 0 Å². The largest absolute Gasteiger partial charge is 0.452 e. The minimum absolute atomic E-state index is 0.0326. The Bertz CT molecular complexity index is 753. The van der Waals surface area contributed by atoms with Crippen LogP contribution in [-0.4, -0.2) is 50.3 Å². The normalized spacial score (nSPS) is 11.7. The zero-order valence-corrected chi connectivity index (χ0v) is 17.6. The van der Waals surface area contributed by atoms with Gasteiger partial charge in [0.05, 0.1) is 10.5 Å². The number of rotatable bonds is 10. The third-order valence-corrected chi connectivity index (χ3v) is 6.50. The van der Waals surface area contributed by atoms with Gasteiger partial charge < -0.3 is 10.1 Å². The van der Waals surface area contributed by atoms with E-state index in [1.165, 1.54) is 16.4 Å². The second kappa shape index (κ2) is 10.4. The number of carbonyl (C=O) groups is 2. The van der Waals surface area contributed by atoms with Crippen molar-refractivity contribution in [2.75, 3.05) is 19.7 Å². The minimum atomic E-state index is -3.68. The molecule has 27 heavy (non-hydrogen) atoms. The lowest BCUT2D eigenvalue weighted by atomic mass is 10.1. The summed E-state index contributed by atoms with van der Waals surface area (Å²) in [6.07, 6.45) is 1.58. The molecule has 0 bridgehead atoms. The topological polar surface area (TPSA) is 92.8 Å². The molecule has 0 unspecified atom stereocenters. The van der Waals surface area contributed by atoms with Gasteiger partial charge in [0.1, 0.15) is 0 Å². The van der Waals surface area contributed by atoms with Gasteiger partial charge in [-0.05, 0) is 37.5 Å². The van der Waals surface area contributed by atoms with Gasteiger partial charge in [0.25, 0.3) is 5.91 Å². The average molecular weight is 399 g/mol. The van der Waals surface area contributed by atoms with Crippen LogP contribution in [0.15, 0.2) is 23.1 Å². The first-order valence-corrected chi connectivity index (χ1v) is 10.7. The number of aryl methyl sites for hydroxylation is 1. The number of benzene rings is 1. The molecule has 1 rings (SSSR count). The van der Waals surface area contributed by atoms with Gasteiger partial charge in [-0.1, -0.05) is 33.8 Å². The van der Waals surface area contributed by atoms with Gasteiger partial charge >= 0.3 is 5.97 Å². The summed E-state index contributed by atoms with van der Waals surface area (Å²) in [4.78, 5) is 24.3. The highest BCUT2D eigenvalue weighted by molar-refractivity contribution is 7.89. The minimum Gasteiger partial charge on any atom is -0.452 e. The van der Waals surface area contributed by atoms with Crippen LogP contribution in [-0.2, 0) is 19.6 Å². The quantitative estimate of drug-likeness (QED) is 0.611. The highest BCUT2D eigenvalue weighted by Gasteiger charge is 2.24. The van der Waals surface area contributed by atoms with Crippen LogP contribution in [0.25, 0.3) is 0 Å². The lowest BCUT2D eigenvalue weighted by Crippen LogP contribution is -2.37. The molecule has 0 aliphatic rings. The number of esters is 1. The number of nitrogens with one attached hydrogen (secondary N) is 1. The number of amides is 1. The van der Waals surface area contributed by atoms with Gasteiger partial charge in [0.2, 0.25) is 10.0 Å². The number of hydrogen-bond donors (Lipinski definition) is 1. The van der Waals surface area contributed by atoms with Crippen molar-refractivity contribution in [1.29, 1.82) is 0 Å². The Morgan fingerprint density at radius 2 is 1.70 bits per heavy atom. The molecule has 0 spiro atoms. The molecule has 0 saturated heterocycles. The van der Waals surface area contributed by atoms with Crippen molar-refractivity contribution in [3.8, 4) is 0 Å². The van der Waals surface area contributed by atoms with Gasteiger partial charge in [-0.15, -0.1) is 0 Å². The average Bonchev–Trinajstić information content (AvgIpc) is 2.65. The Morgan fingerprint density at radius 1 is 1.11 bits per heavy atom. The summed E-state index contributed by atoms with van der Waals surface area (Å²) < 4.78 is 31.7. The van der Waals surface area contributed by atoms with E-state index < -0.39 is 22.6 Å². The van der Waals surface area contributed by atoms with E-state index in [-0.39, 0.29) is 22.4 Å². The molecule has 1 N–H and O–H groups in total. The first-order valence-electron chi connectivity index (χ1n) is 9.28. The van der Waals surface area contributed by atoms with Crippen LogP contribution in [0.1, 0.15) is 56.5 Å².